The predicted octanol–water partition coefficient (Wildman–Crippen LogP) is 1.46. The van der Waals surface area contributed by atoms with Gasteiger partial charge in [-0.15, -0.1) is 0 Å². The SMILES string of the molecule is COC(=O)CC1C(=O)N(c2nc3ccccc3[nH]2)N=C1C. The van der Waals surface area contributed by atoms with E-state index in [1.165, 1.54) is 12.1 Å². The summed E-state index contributed by atoms with van der Waals surface area (Å²) in [6, 6.07) is 7.46. The molecule has 7 nitrogen and oxygen atoms in total. The lowest BCUT2D eigenvalue weighted by atomic mass is 10.0. The number of methoxy groups -OCH3 is 1. The summed E-state index contributed by atoms with van der Waals surface area (Å²) in [7, 11) is 1.30. The zero-order chi connectivity index (χ0) is 15.0. The van der Waals surface area contributed by atoms with Crippen LogP contribution in [0, 0.1) is 5.92 Å². The number of aromatic amines is 1. The zero-order valence-corrected chi connectivity index (χ0v) is 11.7. The minimum atomic E-state index is -0.592. The van der Waals surface area contributed by atoms with Gasteiger partial charge in [-0.3, -0.25) is 9.59 Å². The van der Waals surface area contributed by atoms with Crippen LogP contribution in [-0.2, 0) is 14.3 Å². The van der Waals surface area contributed by atoms with Crippen molar-refractivity contribution in [1.82, 2.24) is 9.97 Å². The summed E-state index contributed by atoms with van der Waals surface area (Å²) in [5.74, 6) is -0.954. The fraction of sp³-hybridized carbons (Fsp3) is 0.286. The van der Waals surface area contributed by atoms with Crippen LogP contribution in [0.4, 0.5) is 5.95 Å². The number of nitrogens with zero attached hydrogens (tertiary/aromatic N) is 3. The third kappa shape index (κ3) is 2.26. The van der Waals surface area contributed by atoms with Gasteiger partial charge in [0.15, 0.2) is 0 Å². The second kappa shape index (κ2) is 5.01. The molecule has 1 unspecified atom stereocenters. The molecule has 1 N–H and O–H groups in total. The number of nitrogens with one attached hydrogen (secondary N) is 1. The van der Waals surface area contributed by atoms with Crippen molar-refractivity contribution in [2.45, 2.75) is 13.3 Å². The van der Waals surface area contributed by atoms with E-state index in [0.29, 0.717) is 11.7 Å². The highest BCUT2D eigenvalue weighted by Gasteiger charge is 2.37. The number of imidazole rings is 1. The van der Waals surface area contributed by atoms with Crippen LogP contribution in [0.25, 0.3) is 11.0 Å². The second-order valence-electron chi connectivity index (χ2n) is 4.80. The molecule has 0 radical (unpaired) electrons. The molecule has 1 aliphatic heterocycles. The number of fused-ring (bicyclic) bond motifs is 1. The number of ether oxygens (including phenoxy) is 1. The minimum absolute atomic E-state index is 0.0125. The fourth-order valence-electron chi connectivity index (χ4n) is 2.28. The predicted molar refractivity (Wildman–Crippen MR) is 76.8 cm³/mol. The Morgan fingerprint density at radius 1 is 1.43 bits per heavy atom. The lowest BCUT2D eigenvalue weighted by Crippen LogP contribution is -2.29. The number of anilines is 1. The normalized spacial score (nSPS) is 18.2. The Hall–Kier alpha value is -2.70. The largest absolute Gasteiger partial charge is 0.469 e. The summed E-state index contributed by atoms with van der Waals surface area (Å²) < 4.78 is 4.61. The molecule has 1 aliphatic rings. The first-order valence-corrected chi connectivity index (χ1v) is 6.51. The maximum atomic E-state index is 12.4. The third-order valence-corrected chi connectivity index (χ3v) is 3.44. The van der Waals surface area contributed by atoms with Crippen molar-refractivity contribution in [2.24, 2.45) is 11.0 Å². The summed E-state index contributed by atoms with van der Waals surface area (Å²) in [5, 5.41) is 5.41. The van der Waals surface area contributed by atoms with Crippen molar-refractivity contribution in [3.8, 4) is 0 Å². The van der Waals surface area contributed by atoms with Gasteiger partial charge in [-0.2, -0.15) is 10.1 Å². The van der Waals surface area contributed by atoms with Crippen molar-refractivity contribution in [3.05, 3.63) is 24.3 Å². The van der Waals surface area contributed by atoms with Gasteiger partial charge in [-0.25, -0.2) is 4.98 Å². The van der Waals surface area contributed by atoms with Gasteiger partial charge in [0.05, 0.1) is 30.5 Å². The van der Waals surface area contributed by atoms with E-state index in [2.05, 4.69) is 19.8 Å². The Balaban J connectivity index is 1.90. The van der Waals surface area contributed by atoms with E-state index in [1.54, 1.807) is 6.92 Å². The summed E-state index contributed by atoms with van der Waals surface area (Å²) in [6.45, 7) is 1.72. The number of hydrogen-bond acceptors (Lipinski definition) is 5. The molecule has 108 valence electrons. The Kier molecular flexibility index (Phi) is 3.17. The fourth-order valence-corrected chi connectivity index (χ4v) is 2.28. The molecule has 2 heterocycles. The zero-order valence-electron chi connectivity index (χ0n) is 11.7. The maximum Gasteiger partial charge on any atom is 0.306 e. The monoisotopic (exact) mass is 286 g/mol. The number of hydrogen-bond donors (Lipinski definition) is 1. The average Bonchev–Trinajstić information content (AvgIpc) is 3.02. The van der Waals surface area contributed by atoms with Crippen LogP contribution < -0.4 is 5.01 Å². The Morgan fingerprint density at radius 2 is 2.19 bits per heavy atom. The number of H-pyrrole nitrogens is 1. The average molecular weight is 286 g/mol. The van der Waals surface area contributed by atoms with Crippen LogP contribution in [0.15, 0.2) is 29.4 Å². The summed E-state index contributed by atoms with van der Waals surface area (Å²) in [6.07, 6.45) is -0.0125. The first-order chi connectivity index (χ1) is 10.1. The molecule has 1 aromatic heterocycles. The van der Waals surface area contributed by atoms with Gasteiger partial charge in [0, 0.05) is 5.71 Å². The number of carbonyl (C=O) groups is 2. The number of amides is 1. The van der Waals surface area contributed by atoms with Crippen molar-refractivity contribution < 1.29 is 14.3 Å². The van der Waals surface area contributed by atoms with E-state index in [1.807, 2.05) is 24.3 Å². The molecule has 0 saturated carbocycles. The molecule has 1 atom stereocenters. The highest BCUT2D eigenvalue weighted by molar-refractivity contribution is 6.15. The van der Waals surface area contributed by atoms with Crippen molar-refractivity contribution in [1.29, 1.82) is 0 Å². The summed E-state index contributed by atoms with van der Waals surface area (Å²) in [5.41, 5.74) is 2.15. The highest BCUT2D eigenvalue weighted by Crippen LogP contribution is 2.25. The molecule has 1 amide bonds. The van der Waals surface area contributed by atoms with Gasteiger partial charge < -0.3 is 9.72 Å². The van der Waals surface area contributed by atoms with Gasteiger partial charge >= 0.3 is 5.97 Å². The first kappa shape index (κ1) is 13.3. The molecular weight excluding hydrogens is 272 g/mol. The van der Waals surface area contributed by atoms with Crippen LogP contribution in [0.5, 0.6) is 0 Å². The van der Waals surface area contributed by atoms with E-state index in [9.17, 15) is 9.59 Å². The van der Waals surface area contributed by atoms with Crippen LogP contribution in [0.2, 0.25) is 0 Å². The molecule has 0 aliphatic carbocycles. The van der Waals surface area contributed by atoms with E-state index in [4.69, 9.17) is 0 Å². The van der Waals surface area contributed by atoms with Gasteiger partial charge in [-0.05, 0) is 19.1 Å². The van der Waals surface area contributed by atoms with Gasteiger partial charge in [0.1, 0.15) is 0 Å². The number of para-hydroxylation sites is 2. The molecule has 0 saturated heterocycles. The number of esters is 1. The van der Waals surface area contributed by atoms with Crippen LogP contribution in [-0.4, -0.2) is 34.7 Å². The Bertz CT molecular complexity index is 717. The van der Waals surface area contributed by atoms with E-state index < -0.39 is 11.9 Å². The first-order valence-electron chi connectivity index (χ1n) is 6.51. The highest BCUT2D eigenvalue weighted by atomic mass is 16.5. The molecular formula is C14H14N4O3. The summed E-state index contributed by atoms with van der Waals surface area (Å²) >= 11 is 0. The standard InChI is InChI=1S/C14H14N4O3/c1-8-9(7-12(19)21-2)13(20)18(17-8)14-15-10-5-3-4-6-11(10)16-14/h3-6,9H,7H2,1-2H3,(H,15,16). The van der Waals surface area contributed by atoms with E-state index in [-0.39, 0.29) is 12.3 Å². The molecule has 21 heavy (non-hydrogen) atoms. The smallest absolute Gasteiger partial charge is 0.306 e. The van der Waals surface area contributed by atoms with Gasteiger partial charge in [0.2, 0.25) is 5.95 Å². The minimum Gasteiger partial charge on any atom is -0.469 e. The molecule has 0 fully saturated rings. The summed E-state index contributed by atoms with van der Waals surface area (Å²) in [4.78, 5) is 31.1. The van der Waals surface area contributed by atoms with Crippen LogP contribution in [0.3, 0.4) is 0 Å². The van der Waals surface area contributed by atoms with E-state index in [0.717, 1.165) is 11.0 Å². The molecule has 0 bridgehead atoms. The molecule has 0 spiro atoms. The number of carbonyl (C=O) groups excluding carboxylic acids is 2. The quantitative estimate of drug-likeness (QED) is 0.865. The third-order valence-electron chi connectivity index (χ3n) is 3.44. The lowest BCUT2D eigenvalue weighted by molar-refractivity contribution is -0.142. The second-order valence-corrected chi connectivity index (χ2v) is 4.80. The van der Waals surface area contributed by atoms with E-state index >= 15 is 0 Å². The number of rotatable bonds is 3. The van der Waals surface area contributed by atoms with Crippen LogP contribution in [0.1, 0.15) is 13.3 Å². The molecule has 2 aromatic rings. The molecule has 3 rings (SSSR count). The van der Waals surface area contributed by atoms with Crippen molar-refractivity contribution >= 4 is 34.6 Å². The number of hydrazone groups is 1. The van der Waals surface area contributed by atoms with Gasteiger partial charge in [-0.1, -0.05) is 12.1 Å². The van der Waals surface area contributed by atoms with Crippen LogP contribution >= 0.6 is 0 Å². The molecule has 7 heteroatoms. The topological polar surface area (TPSA) is 87.7 Å². The number of benzene rings is 1. The van der Waals surface area contributed by atoms with Gasteiger partial charge in [0.25, 0.3) is 5.91 Å². The maximum absolute atomic E-state index is 12.4. The van der Waals surface area contributed by atoms with Crippen molar-refractivity contribution in [2.75, 3.05) is 12.1 Å². The Labute approximate surface area is 120 Å². The van der Waals surface area contributed by atoms with Crippen molar-refractivity contribution in [3.63, 3.8) is 0 Å². The Morgan fingerprint density at radius 3 is 2.90 bits per heavy atom. The molecule has 1 aromatic carbocycles. The lowest BCUT2D eigenvalue weighted by Gasteiger charge is -2.10. The number of aromatic nitrogens is 2.